The molecule has 0 aromatic carbocycles. The second kappa shape index (κ2) is 5.32. The maximum atomic E-state index is 11.4. The molecule has 0 aliphatic rings. The van der Waals surface area contributed by atoms with Crippen molar-refractivity contribution in [3.8, 4) is 5.63 Å². The number of halogens is 1. The minimum atomic E-state index is -0.374. The summed E-state index contributed by atoms with van der Waals surface area (Å²) >= 11 is 4.33. The Morgan fingerprint density at radius 2 is 2.50 bits per heavy atom. The van der Waals surface area contributed by atoms with Crippen LogP contribution in [0.2, 0.25) is 0 Å². The van der Waals surface area contributed by atoms with E-state index in [4.69, 9.17) is 5.73 Å². The van der Waals surface area contributed by atoms with Gasteiger partial charge in [0.2, 0.25) is 0 Å². The first-order chi connectivity index (χ1) is 6.65. The topological polar surface area (TPSA) is 85.1 Å². The van der Waals surface area contributed by atoms with Crippen LogP contribution < -0.4 is 11.1 Å². The molecule has 3 N–H and O–H groups in total. The molecule has 74 valence electrons. The van der Waals surface area contributed by atoms with E-state index in [1.54, 1.807) is 0 Å². The fourth-order valence-electron chi connectivity index (χ4n) is 0.693. The predicted molar refractivity (Wildman–Crippen MR) is 58.1 cm³/mol. The number of nitrogens with two attached hydrogens (primary N) is 1. The molecule has 0 unspecified atom stereocenters. The molecule has 8 heteroatoms. The van der Waals surface area contributed by atoms with Gasteiger partial charge in [0.05, 0.1) is 0 Å². The van der Waals surface area contributed by atoms with Gasteiger partial charge in [-0.2, -0.15) is 0 Å². The van der Waals surface area contributed by atoms with Crippen LogP contribution in [-0.2, 0) is 4.57 Å². The van der Waals surface area contributed by atoms with E-state index < -0.39 is 0 Å². The molecule has 1 heterocycles. The summed E-state index contributed by atoms with van der Waals surface area (Å²) in [6, 6.07) is 0. The van der Waals surface area contributed by atoms with Crippen LogP contribution in [0.1, 0.15) is 10.5 Å². The maximum absolute atomic E-state index is 11.4. The van der Waals surface area contributed by atoms with Crippen molar-refractivity contribution >= 4 is 46.2 Å². The number of rotatable bonds is 2. The zero-order valence-electron chi connectivity index (χ0n) is 6.78. The van der Waals surface area contributed by atoms with Gasteiger partial charge in [-0.25, -0.2) is 0 Å². The van der Waals surface area contributed by atoms with Crippen LogP contribution in [0.25, 0.3) is 0 Å². The van der Waals surface area contributed by atoms with Crippen LogP contribution >= 0.6 is 35.2 Å². The van der Waals surface area contributed by atoms with Crippen LogP contribution in [0.3, 0.4) is 0 Å². The fraction of sp³-hybridized carbons (Fsp3) is 0.167. The van der Waals surface area contributed by atoms with Crippen molar-refractivity contribution in [1.82, 2.24) is 10.3 Å². The first kappa shape index (κ1) is 11.5. The van der Waals surface area contributed by atoms with Crippen LogP contribution in [0, 0.1) is 5.63 Å². The van der Waals surface area contributed by atoms with Crippen LogP contribution in [-0.4, -0.2) is 17.4 Å². The summed E-state index contributed by atoms with van der Waals surface area (Å²) in [6.45, 7) is 0.105. The van der Waals surface area contributed by atoms with Gasteiger partial charge in [-0.05, 0) is 0 Å². The van der Waals surface area contributed by atoms with Crippen molar-refractivity contribution in [2.24, 2.45) is 0 Å². The Morgan fingerprint density at radius 3 is 3.00 bits per heavy atom. The third-order valence-corrected chi connectivity index (χ3v) is 3.03. The molecule has 5 nitrogen and oxygen atoms in total. The molecule has 1 amide bonds. The zero-order chi connectivity index (χ0) is 10.6. The predicted octanol–water partition coefficient (Wildman–Crippen LogP) is 1.47. The van der Waals surface area contributed by atoms with Gasteiger partial charge in [0.25, 0.3) is 0 Å². The number of anilines is 1. The third kappa shape index (κ3) is 2.96. The van der Waals surface area contributed by atoms with Crippen LogP contribution in [0.5, 0.6) is 0 Å². The van der Waals surface area contributed by atoms with Crippen LogP contribution in [0.4, 0.5) is 5.13 Å². The van der Waals surface area contributed by atoms with E-state index in [9.17, 15) is 9.36 Å². The molecule has 1 rings (SSSR count). The quantitative estimate of drug-likeness (QED) is 0.809. The summed E-state index contributed by atoms with van der Waals surface area (Å²) in [7, 11) is -0.236. The molecular weight excluding hydrogens is 289 g/mol. The molecule has 14 heavy (non-hydrogen) atoms. The standard InChI is InChI=1S/C6H5BrN3O2PS/c7-4-3(10-6(8)14-4)5(11)9-1-2-13-12/h1H2,(H2,8,10)(H,9,11). The Labute approximate surface area is 93.3 Å². The first-order valence-corrected chi connectivity index (χ1v) is 5.82. The van der Waals surface area contributed by atoms with E-state index in [2.05, 4.69) is 31.9 Å². The average molecular weight is 294 g/mol. The van der Waals surface area contributed by atoms with Gasteiger partial charge in [-0.1, -0.05) is 0 Å². The zero-order valence-corrected chi connectivity index (χ0v) is 10.1. The Bertz CT molecular complexity index is 455. The summed E-state index contributed by atoms with van der Waals surface area (Å²) in [5.41, 5.74) is 8.02. The van der Waals surface area contributed by atoms with Crippen molar-refractivity contribution in [1.29, 1.82) is 0 Å². The van der Waals surface area contributed by atoms with Crippen molar-refractivity contribution in [2.75, 3.05) is 12.3 Å². The van der Waals surface area contributed by atoms with E-state index in [-0.39, 0.29) is 26.1 Å². The summed E-state index contributed by atoms with van der Waals surface area (Å²) in [4.78, 5) is 15.2. The van der Waals surface area contributed by atoms with E-state index in [0.29, 0.717) is 8.92 Å². The molecule has 0 saturated heterocycles. The second-order valence-electron chi connectivity index (χ2n) is 2.11. The number of nitrogen functional groups attached to an aromatic ring is 1. The molecule has 1 aromatic rings. The number of aromatic nitrogens is 1. The molecule has 0 bridgehead atoms. The van der Waals surface area contributed by atoms with Crippen molar-refractivity contribution in [3.05, 3.63) is 9.48 Å². The summed E-state index contributed by atoms with van der Waals surface area (Å²) in [5.74, 6) is -0.374. The third-order valence-electron chi connectivity index (χ3n) is 1.21. The molecule has 0 fully saturated rings. The monoisotopic (exact) mass is 293 g/mol. The number of nitrogens with zero attached hydrogens (tertiary/aromatic N) is 1. The number of thiazole rings is 1. The average Bonchev–Trinajstić information content (AvgIpc) is 2.45. The molecule has 0 aliphatic heterocycles. The second-order valence-corrected chi connectivity index (χ2v) is 4.95. The van der Waals surface area contributed by atoms with Gasteiger partial charge < -0.3 is 0 Å². The van der Waals surface area contributed by atoms with Gasteiger partial charge in [-0.15, -0.1) is 0 Å². The normalized spacial score (nSPS) is 9.21. The van der Waals surface area contributed by atoms with E-state index in [1.165, 1.54) is 11.3 Å². The number of nitrogens with one attached hydrogen (secondary N) is 1. The molecular formula is C6H5BrN3O2PS. The van der Waals surface area contributed by atoms with E-state index >= 15 is 0 Å². The van der Waals surface area contributed by atoms with Crippen molar-refractivity contribution in [3.63, 3.8) is 0 Å². The molecule has 1 aromatic heterocycles. The Kier molecular flexibility index (Phi) is 4.35. The van der Waals surface area contributed by atoms with E-state index in [1.807, 2.05) is 0 Å². The van der Waals surface area contributed by atoms with Gasteiger partial charge in [0.15, 0.2) is 0 Å². The van der Waals surface area contributed by atoms with Gasteiger partial charge >= 0.3 is 93.3 Å². The summed E-state index contributed by atoms with van der Waals surface area (Å²) in [5, 5.41) is 2.77. The number of carbonyl (C=O) groups excluding carboxylic acids is 1. The number of hydrogen-bond acceptors (Lipinski definition) is 5. The van der Waals surface area contributed by atoms with E-state index in [0.717, 1.165) is 0 Å². The van der Waals surface area contributed by atoms with Crippen molar-refractivity contribution < 1.29 is 9.36 Å². The first-order valence-electron chi connectivity index (χ1n) is 3.40. The molecule has 0 radical (unpaired) electrons. The summed E-state index contributed by atoms with van der Waals surface area (Å²) in [6.07, 6.45) is 0. The molecule has 0 aliphatic carbocycles. The Balaban J connectivity index is 2.72. The molecule has 0 atom stereocenters. The number of carbonyl (C=O) groups is 1. The number of hydrogen-bond donors (Lipinski definition) is 2. The summed E-state index contributed by atoms with van der Waals surface area (Å²) < 4.78 is 10.6. The SMILES string of the molecule is Nc1nc(C(=O)NCC#P=O)c(Br)s1. The fourth-order valence-corrected chi connectivity index (χ4v) is 2.16. The molecule has 0 saturated carbocycles. The Morgan fingerprint density at radius 1 is 1.79 bits per heavy atom. The minimum absolute atomic E-state index is 0.105. The van der Waals surface area contributed by atoms with Crippen LogP contribution in [0.15, 0.2) is 3.79 Å². The Hall–Kier alpha value is -0.610. The number of amides is 1. The van der Waals surface area contributed by atoms with Crippen molar-refractivity contribution in [2.45, 2.75) is 0 Å². The van der Waals surface area contributed by atoms with Gasteiger partial charge in [0, 0.05) is 0 Å². The molecule has 0 spiro atoms. The van der Waals surface area contributed by atoms with Gasteiger partial charge in [-0.3, -0.25) is 0 Å². The van der Waals surface area contributed by atoms with Gasteiger partial charge in [0.1, 0.15) is 0 Å².